The van der Waals surface area contributed by atoms with E-state index < -0.39 is 0 Å². The molecule has 6 nitrogen and oxygen atoms in total. The molecule has 0 amide bonds. The van der Waals surface area contributed by atoms with Gasteiger partial charge in [-0.2, -0.15) is 10.2 Å². The van der Waals surface area contributed by atoms with Gasteiger partial charge in [0, 0.05) is 23.1 Å². The summed E-state index contributed by atoms with van der Waals surface area (Å²) in [6, 6.07) is 15.1. The van der Waals surface area contributed by atoms with E-state index in [0.717, 1.165) is 22.4 Å². The molecule has 0 atom stereocenters. The summed E-state index contributed by atoms with van der Waals surface area (Å²) in [5.74, 6) is 0.803. The summed E-state index contributed by atoms with van der Waals surface area (Å²) in [7, 11) is 0. The van der Waals surface area contributed by atoms with Crippen LogP contribution in [0.15, 0.2) is 48.7 Å². The Morgan fingerprint density at radius 3 is 2.71 bits per heavy atom. The molecule has 0 radical (unpaired) electrons. The summed E-state index contributed by atoms with van der Waals surface area (Å²) in [6.45, 7) is 1.94. The maximum absolute atomic E-state index is 9.09. The third-order valence-electron chi connectivity index (χ3n) is 3.64. The first kappa shape index (κ1) is 15.3. The molecule has 5 N–H and O–H groups in total. The van der Waals surface area contributed by atoms with Crippen LogP contribution in [0.1, 0.15) is 11.1 Å². The maximum Gasteiger partial charge on any atom is 0.221 e. The molecule has 0 saturated heterocycles. The molecule has 0 aliphatic carbocycles. The van der Waals surface area contributed by atoms with Gasteiger partial charge in [-0.1, -0.05) is 12.1 Å². The van der Waals surface area contributed by atoms with Crippen LogP contribution in [0.5, 0.6) is 0 Å². The number of nitrogen functional groups attached to an aromatic ring is 2. The van der Waals surface area contributed by atoms with Crippen molar-refractivity contribution < 1.29 is 0 Å². The first-order chi connectivity index (χ1) is 11.6. The molecule has 24 heavy (non-hydrogen) atoms. The lowest BCUT2D eigenvalue weighted by molar-refractivity contribution is 1.18. The van der Waals surface area contributed by atoms with Crippen molar-refractivity contribution in [2.75, 3.05) is 16.8 Å². The zero-order valence-electron chi connectivity index (χ0n) is 13.1. The summed E-state index contributed by atoms with van der Waals surface area (Å²) in [5, 5.41) is 12.3. The summed E-state index contributed by atoms with van der Waals surface area (Å²) in [4.78, 5) is 8.01. The second-order valence-electron chi connectivity index (χ2n) is 5.37. The third kappa shape index (κ3) is 3.10. The predicted molar refractivity (Wildman–Crippen MR) is 95.5 cm³/mol. The number of hydrogen-bond donors (Lipinski definition) is 3. The monoisotopic (exact) mass is 316 g/mol. The third-order valence-corrected chi connectivity index (χ3v) is 3.64. The molecule has 0 saturated carbocycles. The fourth-order valence-corrected chi connectivity index (χ4v) is 2.46. The quantitative estimate of drug-likeness (QED) is 0.639. The van der Waals surface area contributed by atoms with Gasteiger partial charge in [-0.15, -0.1) is 0 Å². The standard InChI is InChI=1S/C18H16N6/c1-11-7-14(23-16-5-6-22-18(21)24-16)9-15(17(11)20)13-4-2-3-12(8-13)10-19/h2-9H,20H2,1H3,(H3,21,22,23,24). The number of aromatic nitrogens is 2. The van der Waals surface area contributed by atoms with Gasteiger partial charge in [-0.25, -0.2) is 4.98 Å². The average Bonchev–Trinajstić information content (AvgIpc) is 2.58. The highest BCUT2D eigenvalue weighted by atomic mass is 15.1. The lowest BCUT2D eigenvalue weighted by Gasteiger charge is -2.14. The molecule has 0 spiro atoms. The van der Waals surface area contributed by atoms with E-state index in [1.165, 1.54) is 0 Å². The van der Waals surface area contributed by atoms with Gasteiger partial charge < -0.3 is 16.8 Å². The van der Waals surface area contributed by atoms with Crippen molar-refractivity contribution in [2.45, 2.75) is 6.92 Å². The van der Waals surface area contributed by atoms with Crippen LogP contribution < -0.4 is 16.8 Å². The van der Waals surface area contributed by atoms with E-state index in [2.05, 4.69) is 21.4 Å². The maximum atomic E-state index is 9.09. The Balaban J connectivity index is 2.04. The van der Waals surface area contributed by atoms with E-state index in [0.29, 0.717) is 17.1 Å². The minimum absolute atomic E-state index is 0.203. The van der Waals surface area contributed by atoms with Crippen LogP contribution in [0.3, 0.4) is 0 Å². The minimum atomic E-state index is 0.203. The number of aryl methyl sites for hydroxylation is 1. The van der Waals surface area contributed by atoms with Crippen molar-refractivity contribution in [3.63, 3.8) is 0 Å². The Bertz CT molecular complexity index is 942. The van der Waals surface area contributed by atoms with Crippen LogP contribution in [-0.2, 0) is 0 Å². The molecule has 6 heteroatoms. The van der Waals surface area contributed by atoms with Gasteiger partial charge in [0.2, 0.25) is 5.95 Å². The van der Waals surface area contributed by atoms with E-state index in [4.69, 9.17) is 16.7 Å². The molecule has 3 aromatic rings. The summed E-state index contributed by atoms with van der Waals surface area (Å²) >= 11 is 0. The Morgan fingerprint density at radius 2 is 1.96 bits per heavy atom. The Hall–Kier alpha value is -3.59. The van der Waals surface area contributed by atoms with Crippen LogP contribution in [0.25, 0.3) is 11.1 Å². The van der Waals surface area contributed by atoms with Gasteiger partial charge in [0.25, 0.3) is 0 Å². The highest BCUT2D eigenvalue weighted by Gasteiger charge is 2.09. The topological polar surface area (TPSA) is 114 Å². The summed E-state index contributed by atoms with van der Waals surface area (Å²) in [5.41, 5.74) is 16.6. The van der Waals surface area contributed by atoms with Gasteiger partial charge >= 0.3 is 0 Å². The van der Waals surface area contributed by atoms with Gasteiger partial charge in [0.1, 0.15) is 5.82 Å². The molecule has 2 aromatic carbocycles. The van der Waals surface area contributed by atoms with Crippen molar-refractivity contribution in [2.24, 2.45) is 0 Å². The fraction of sp³-hybridized carbons (Fsp3) is 0.0556. The van der Waals surface area contributed by atoms with Crippen LogP contribution in [0, 0.1) is 18.3 Å². The van der Waals surface area contributed by atoms with Gasteiger partial charge in [0.15, 0.2) is 0 Å². The molecular weight excluding hydrogens is 300 g/mol. The van der Waals surface area contributed by atoms with E-state index in [1.54, 1.807) is 18.3 Å². The van der Waals surface area contributed by atoms with E-state index in [9.17, 15) is 0 Å². The molecule has 0 aliphatic rings. The second-order valence-corrected chi connectivity index (χ2v) is 5.37. The highest BCUT2D eigenvalue weighted by molar-refractivity contribution is 5.83. The van der Waals surface area contributed by atoms with Crippen molar-refractivity contribution in [3.05, 3.63) is 59.8 Å². The van der Waals surface area contributed by atoms with Crippen molar-refractivity contribution in [3.8, 4) is 17.2 Å². The Morgan fingerprint density at radius 1 is 1.12 bits per heavy atom. The number of benzene rings is 2. The molecule has 0 fully saturated rings. The molecule has 0 unspecified atom stereocenters. The van der Waals surface area contributed by atoms with Crippen LogP contribution in [0.4, 0.5) is 23.1 Å². The zero-order chi connectivity index (χ0) is 17.1. The van der Waals surface area contributed by atoms with E-state index in [1.807, 2.05) is 37.3 Å². The number of nitriles is 1. The lowest BCUT2D eigenvalue weighted by Crippen LogP contribution is -2.01. The molecule has 3 rings (SSSR count). The molecule has 1 aromatic heterocycles. The summed E-state index contributed by atoms with van der Waals surface area (Å²) < 4.78 is 0. The van der Waals surface area contributed by atoms with Crippen molar-refractivity contribution in [1.82, 2.24) is 9.97 Å². The molecule has 118 valence electrons. The Labute approximate surface area is 139 Å². The van der Waals surface area contributed by atoms with Crippen molar-refractivity contribution >= 4 is 23.1 Å². The second kappa shape index (κ2) is 6.26. The van der Waals surface area contributed by atoms with Crippen LogP contribution in [0.2, 0.25) is 0 Å². The fourth-order valence-electron chi connectivity index (χ4n) is 2.46. The van der Waals surface area contributed by atoms with E-state index in [-0.39, 0.29) is 5.95 Å². The largest absolute Gasteiger partial charge is 0.398 e. The number of hydrogen-bond acceptors (Lipinski definition) is 6. The molecule has 0 aliphatic heterocycles. The smallest absolute Gasteiger partial charge is 0.221 e. The summed E-state index contributed by atoms with van der Waals surface area (Å²) in [6.07, 6.45) is 1.59. The average molecular weight is 316 g/mol. The predicted octanol–water partition coefficient (Wildman–Crippen LogP) is 3.23. The number of nitrogens with two attached hydrogens (primary N) is 2. The first-order valence-electron chi connectivity index (χ1n) is 7.33. The number of nitrogens with one attached hydrogen (secondary N) is 1. The van der Waals surface area contributed by atoms with Gasteiger partial charge in [-0.3, -0.25) is 0 Å². The molecular formula is C18H16N6. The highest BCUT2D eigenvalue weighted by Crippen LogP contribution is 2.33. The normalized spacial score (nSPS) is 10.2. The molecule has 1 heterocycles. The Kier molecular flexibility index (Phi) is 4.00. The molecule has 0 bridgehead atoms. The zero-order valence-corrected chi connectivity index (χ0v) is 13.1. The SMILES string of the molecule is Cc1cc(Nc2ccnc(N)n2)cc(-c2cccc(C#N)c2)c1N. The number of anilines is 4. The van der Waals surface area contributed by atoms with Gasteiger partial charge in [-0.05, 0) is 48.4 Å². The van der Waals surface area contributed by atoms with Crippen molar-refractivity contribution in [1.29, 1.82) is 5.26 Å². The van der Waals surface area contributed by atoms with Gasteiger partial charge in [0.05, 0.1) is 11.6 Å². The van der Waals surface area contributed by atoms with E-state index >= 15 is 0 Å². The van der Waals surface area contributed by atoms with Crippen LogP contribution in [-0.4, -0.2) is 9.97 Å². The minimum Gasteiger partial charge on any atom is -0.398 e. The number of nitrogens with zero attached hydrogens (tertiary/aromatic N) is 3. The first-order valence-corrected chi connectivity index (χ1v) is 7.33. The lowest BCUT2D eigenvalue weighted by atomic mass is 9.98. The van der Waals surface area contributed by atoms with Crippen LogP contribution >= 0.6 is 0 Å². The number of rotatable bonds is 3.